The van der Waals surface area contributed by atoms with Crippen molar-refractivity contribution < 1.29 is 35.6 Å². The number of hydrogen-bond acceptors (Lipinski definition) is 6. The molecule has 1 fully saturated rings. The lowest BCUT2D eigenvalue weighted by atomic mass is 10.1. The lowest BCUT2D eigenvalue weighted by Crippen LogP contribution is -2.50. The second kappa shape index (κ2) is 9.94. The predicted molar refractivity (Wildman–Crippen MR) is 123 cm³/mol. The molecule has 8 nitrogen and oxygen atoms in total. The van der Waals surface area contributed by atoms with Gasteiger partial charge in [0.1, 0.15) is 18.1 Å². The van der Waals surface area contributed by atoms with Crippen molar-refractivity contribution in [2.24, 2.45) is 0 Å². The van der Waals surface area contributed by atoms with Crippen LogP contribution in [-0.2, 0) is 22.8 Å². The van der Waals surface area contributed by atoms with Gasteiger partial charge in [0.05, 0.1) is 27.3 Å². The number of piperazine rings is 1. The van der Waals surface area contributed by atoms with Gasteiger partial charge in [0.15, 0.2) is 0 Å². The maximum atomic E-state index is 13.2. The molecule has 1 aliphatic rings. The molecule has 2 aromatic carbocycles. The topological polar surface area (TPSA) is 93.0 Å². The molecule has 0 aliphatic carbocycles. The lowest BCUT2D eigenvalue weighted by molar-refractivity contribution is -0.137. The van der Waals surface area contributed by atoms with Gasteiger partial charge in [-0.25, -0.2) is 8.42 Å². The molecule has 0 spiro atoms. The first kappa shape index (κ1) is 25.7. The molecular weight excluding hydrogens is 499 g/mol. The molecule has 2 heterocycles. The molecule has 0 radical (unpaired) electrons. The number of alkyl halides is 3. The highest BCUT2D eigenvalue weighted by atomic mass is 32.2. The van der Waals surface area contributed by atoms with E-state index in [9.17, 15) is 26.4 Å². The Morgan fingerprint density at radius 3 is 2.39 bits per heavy atom. The van der Waals surface area contributed by atoms with Crippen LogP contribution < -0.4 is 4.74 Å². The second-order valence-corrected chi connectivity index (χ2v) is 10.2. The van der Waals surface area contributed by atoms with Gasteiger partial charge < -0.3 is 14.2 Å². The Hall–Kier alpha value is -3.38. The molecule has 0 bridgehead atoms. The number of aromatic nitrogens is 1. The average molecular weight is 524 g/mol. The first-order valence-corrected chi connectivity index (χ1v) is 12.5. The zero-order valence-corrected chi connectivity index (χ0v) is 20.4. The maximum Gasteiger partial charge on any atom is 0.416 e. The molecule has 0 N–H and O–H groups in total. The largest absolute Gasteiger partial charge is 0.488 e. The Morgan fingerprint density at radius 2 is 1.75 bits per heavy atom. The fourth-order valence-electron chi connectivity index (χ4n) is 3.91. The maximum absolute atomic E-state index is 13.2. The highest BCUT2D eigenvalue weighted by molar-refractivity contribution is 7.89. The Kier molecular flexibility index (Phi) is 7.10. The van der Waals surface area contributed by atoms with Gasteiger partial charge in [0.2, 0.25) is 10.0 Å². The number of carbonyl (C=O) groups is 1. The van der Waals surface area contributed by atoms with Gasteiger partial charge >= 0.3 is 6.18 Å². The van der Waals surface area contributed by atoms with Gasteiger partial charge in [0.25, 0.3) is 5.91 Å². The molecule has 1 amide bonds. The van der Waals surface area contributed by atoms with E-state index < -0.39 is 26.7 Å². The van der Waals surface area contributed by atoms with Crippen LogP contribution in [0.1, 0.15) is 32.9 Å². The minimum atomic E-state index is -4.66. The van der Waals surface area contributed by atoms with Crippen LogP contribution >= 0.6 is 0 Å². The number of ether oxygens (including phenoxy) is 1. The van der Waals surface area contributed by atoms with Gasteiger partial charge in [-0.3, -0.25) is 4.79 Å². The number of para-hydroxylation sites is 1. The first-order chi connectivity index (χ1) is 17.0. The normalized spacial score (nSPS) is 15.2. The van der Waals surface area contributed by atoms with Gasteiger partial charge in [0, 0.05) is 26.2 Å². The smallest absolute Gasteiger partial charge is 0.416 e. The van der Waals surface area contributed by atoms with Crippen LogP contribution in [0.3, 0.4) is 0 Å². The third-order valence-electron chi connectivity index (χ3n) is 6.00. The van der Waals surface area contributed by atoms with Crippen molar-refractivity contribution in [3.05, 3.63) is 76.7 Å². The van der Waals surface area contributed by atoms with Crippen LogP contribution in [0.4, 0.5) is 13.2 Å². The molecule has 0 atom stereocenters. The van der Waals surface area contributed by atoms with Crippen molar-refractivity contribution in [3.63, 3.8) is 0 Å². The summed E-state index contributed by atoms with van der Waals surface area (Å²) in [6, 6.07) is 10.4. The molecule has 12 heteroatoms. The molecule has 1 saturated heterocycles. The van der Waals surface area contributed by atoms with Crippen LogP contribution in [0.5, 0.6) is 5.75 Å². The standard InChI is InChI=1S/C24H24F3N3O5S/c1-16-21(17(2)35-28-16)15-34-22-9-4-3-8-20(22)23(31)29-10-12-30(13-11-29)36(32,33)19-7-5-6-18(14-19)24(25,26)27/h3-9,14H,10-13,15H2,1-2H3. The van der Waals surface area contributed by atoms with Crippen LogP contribution in [0.2, 0.25) is 0 Å². The number of aryl methyl sites for hydroxylation is 2. The van der Waals surface area contributed by atoms with Crippen LogP contribution in [0.15, 0.2) is 57.9 Å². The van der Waals surface area contributed by atoms with Crippen molar-refractivity contribution in [2.45, 2.75) is 31.5 Å². The summed E-state index contributed by atoms with van der Waals surface area (Å²) < 4.78 is 77.1. The molecule has 4 rings (SSSR count). The monoisotopic (exact) mass is 523 g/mol. The molecule has 3 aromatic rings. The predicted octanol–water partition coefficient (Wildman–Crippen LogP) is 4.04. The van der Waals surface area contributed by atoms with E-state index in [1.165, 1.54) is 4.90 Å². The Morgan fingerprint density at radius 1 is 1.06 bits per heavy atom. The minimum Gasteiger partial charge on any atom is -0.488 e. The fourth-order valence-corrected chi connectivity index (χ4v) is 5.38. The third-order valence-corrected chi connectivity index (χ3v) is 7.89. The van der Waals surface area contributed by atoms with E-state index in [0.717, 1.165) is 28.1 Å². The number of carbonyl (C=O) groups excluding carboxylic acids is 1. The van der Waals surface area contributed by atoms with E-state index in [2.05, 4.69) is 5.16 Å². The number of hydrogen-bond donors (Lipinski definition) is 0. The number of amides is 1. The number of benzene rings is 2. The van der Waals surface area contributed by atoms with Gasteiger partial charge in [-0.05, 0) is 44.2 Å². The summed E-state index contributed by atoms with van der Waals surface area (Å²) in [4.78, 5) is 14.3. The molecule has 1 aliphatic heterocycles. The van der Waals surface area contributed by atoms with E-state index in [-0.39, 0.29) is 38.7 Å². The number of rotatable bonds is 6. The molecule has 0 unspecified atom stereocenters. The molecule has 36 heavy (non-hydrogen) atoms. The highest BCUT2D eigenvalue weighted by Gasteiger charge is 2.35. The Labute approximate surface area is 206 Å². The zero-order valence-electron chi connectivity index (χ0n) is 19.6. The highest BCUT2D eigenvalue weighted by Crippen LogP contribution is 2.31. The van der Waals surface area contributed by atoms with E-state index in [0.29, 0.717) is 28.8 Å². The SMILES string of the molecule is Cc1noc(C)c1COc1ccccc1C(=O)N1CCN(S(=O)(=O)c2cccc(C(F)(F)F)c2)CC1. The van der Waals surface area contributed by atoms with E-state index in [4.69, 9.17) is 9.26 Å². The minimum absolute atomic E-state index is 0.0492. The number of sulfonamides is 1. The van der Waals surface area contributed by atoms with Gasteiger partial charge in [-0.15, -0.1) is 0 Å². The Balaban J connectivity index is 1.44. The van der Waals surface area contributed by atoms with Gasteiger partial charge in [-0.1, -0.05) is 23.4 Å². The quantitative estimate of drug-likeness (QED) is 0.484. The van der Waals surface area contributed by atoms with Crippen molar-refractivity contribution in [3.8, 4) is 5.75 Å². The molecular formula is C24H24F3N3O5S. The summed E-state index contributed by atoms with van der Waals surface area (Å²) in [5.41, 5.74) is 0.754. The summed E-state index contributed by atoms with van der Waals surface area (Å²) in [6.45, 7) is 3.78. The van der Waals surface area contributed by atoms with Crippen molar-refractivity contribution >= 4 is 15.9 Å². The van der Waals surface area contributed by atoms with Crippen LogP contribution in [0.25, 0.3) is 0 Å². The summed E-state index contributed by atoms with van der Waals surface area (Å²) in [5.74, 6) is 0.649. The number of nitrogens with zero attached hydrogens (tertiary/aromatic N) is 3. The zero-order chi connectivity index (χ0) is 26.1. The second-order valence-electron chi connectivity index (χ2n) is 8.31. The third kappa shape index (κ3) is 5.24. The van der Waals surface area contributed by atoms with Crippen molar-refractivity contribution in [1.29, 1.82) is 0 Å². The summed E-state index contributed by atoms with van der Waals surface area (Å²) in [5, 5.41) is 3.89. The van der Waals surface area contributed by atoms with Crippen molar-refractivity contribution in [1.82, 2.24) is 14.4 Å². The summed E-state index contributed by atoms with van der Waals surface area (Å²) in [6.07, 6.45) is -4.66. The molecule has 192 valence electrons. The first-order valence-electron chi connectivity index (χ1n) is 11.1. The molecule has 0 saturated carbocycles. The van der Waals surface area contributed by atoms with E-state index in [1.807, 2.05) is 0 Å². The molecule has 1 aromatic heterocycles. The Bertz CT molecular complexity index is 1340. The lowest BCUT2D eigenvalue weighted by Gasteiger charge is -2.34. The number of halogens is 3. The summed E-state index contributed by atoms with van der Waals surface area (Å²) in [7, 11) is -4.15. The summed E-state index contributed by atoms with van der Waals surface area (Å²) >= 11 is 0. The van der Waals surface area contributed by atoms with E-state index >= 15 is 0 Å². The van der Waals surface area contributed by atoms with Crippen LogP contribution in [0, 0.1) is 13.8 Å². The average Bonchev–Trinajstić information content (AvgIpc) is 3.19. The van der Waals surface area contributed by atoms with E-state index in [1.54, 1.807) is 38.1 Å². The van der Waals surface area contributed by atoms with Crippen LogP contribution in [-0.4, -0.2) is 54.9 Å². The van der Waals surface area contributed by atoms with Crippen molar-refractivity contribution in [2.75, 3.05) is 26.2 Å². The fraction of sp³-hybridized carbons (Fsp3) is 0.333. The van der Waals surface area contributed by atoms with Gasteiger partial charge in [-0.2, -0.15) is 17.5 Å².